The summed E-state index contributed by atoms with van der Waals surface area (Å²) < 4.78 is 32.5. The molecule has 220 valence electrons. The second-order valence-corrected chi connectivity index (χ2v) is 12.0. The zero-order valence-corrected chi connectivity index (χ0v) is 25.0. The first-order valence-electron chi connectivity index (χ1n) is 14.0. The molecule has 0 radical (unpaired) electrons. The molecule has 0 aliphatic heterocycles. The molecule has 0 spiro atoms. The second kappa shape index (κ2) is 15.9. The Hall–Kier alpha value is -3.69. The van der Waals surface area contributed by atoms with Crippen LogP contribution in [-0.4, -0.2) is 62.7 Å². The lowest BCUT2D eigenvalue weighted by Crippen LogP contribution is -2.50. The number of benzene rings is 3. The highest BCUT2D eigenvalue weighted by Crippen LogP contribution is 2.20. The van der Waals surface area contributed by atoms with Crippen LogP contribution in [0.4, 0.5) is 0 Å². The molecule has 2 amide bonds. The fraction of sp³-hybridized carbons (Fsp3) is 0.375. The zero-order chi connectivity index (χ0) is 29.7. The number of sulfonamides is 1. The lowest BCUT2D eigenvalue weighted by Gasteiger charge is -2.32. The van der Waals surface area contributed by atoms with Crippen LogP contribution in [-0.2, 0) is 32.6 Å². The maximum atomic E-state index is 13.8. The molecule has 1 N–H and O–H groups in total. The summed E-state index contributed by atoms with van der Waals surface area (Å²) in [7, 11) is -0.567. The molecular weight excluding hydrogens is 538 g/mol. The molecule has 3 aromatic carbocycles. The largest absolute Gasteiger partial charge is 0.497 e. The van der Waals surface area contributed by atoms with Gasteiger partial charge in [0.05, 0.1) is 12.0 Å². The molecule has 1 atom stereocenters. The Bertz CT molecular complexity index is 1350. The molecule has 0 aliphatic carbocycles. The van der Waals surface area contributed by atoms with Crippen molar-refractivity contribution in [2.75, 3.05) is 27.2 Å². The lowest BCUT2D eigenvalue weighted by molar-refractivity contribution is -0.141. The Morgan fingerprint density at radius 2 is 1.56 bits per heavy atom. The number of ether oxygens (including phenoxy) is 1. The van der Waals surface area contributed by atoms with Crippen molar-refractivity contribution >= 4 is 21.8 Å². The Labute approximate surface area is 244 Å². The van der Waals surface area contributed by atoms with E-state index in [-0.39, 0.29) is 36.2 Å². The van der Waals surface area contributed by atoms with Crippen molar-refractivity contribution < 1.29 is 22.7 Å². The number of hydrogen-bond donors (Lipinski definition) is 1. The predicted molar refractivity (Wildman–Crippen MR) is 161 cm³/mol. The van der Waals surface area contributed by atoms with Gasteiger partial charge in [0.1, 0.15) is 11.8 Å². The van der Waals surface area contributed by atoms with Crippen molar-refractivity contribution in [3.63, 3.8) is 0 Å². The minimum atomic E-state index is -3.67. The summed E-state index contributed by atoms with van der Waals surface area (Å²) in [6.45, 7) is 2.97. The third kappa shape index (κ3) is 9.43. The van der Waals surface area contributed by atoms with Crippen LogP contribution in [0.3, 0.4) is 0 Å². The summed E-state index contributed by atoms with van der Waals surface area (Å²) in [5, 5.41) is 3.01. The molecule has 0 saturated carbocycles. The number of methoxy groups -OCH3 is 1. The second-order valence-electron chi connectivity index (χ2n) is 9.97. The number of carbonyl (C=O) groups excluding carboxylic acids is 2. The van der Waals surface area contributed by atoms with Crippen LogP contribution in [0.25, 0.3) is 0 Å². The number of rotatable bonds is 16. The number of amides is 2. The van der Waals surface area contributed by atoms with E-state index in [4.69, 9.17) is 4.74 Å². The summed E-state index contributed by atoms with van der Waals surface area (Å²) in [6.07, 6.45) is 2.54. The van der Waals surface area contributed by atoms with E-state index in [2.05, 4.69) is 12.2 Å². The SMILES string of the molecule is CCCCNC(=O)C(Cc1ccccc1)N(Cc1cccc(OC)c1)C(=O)CCCN(C)S(=O)(=O)c1ccccc1. The minimum Gasteiger partial charge on any atom is -0.497 e. The fourth-order valence-electron chi connectivity index (χ4n) is 4.52. The zero-order valence-electron chi connectivity index (χ0n) is 24.2. The number of carbonyl (C=O) groups is 2. The smallest absolute Gasteiger partial charge is 0.243 e. The lowest BCUT2D eigenvalue weighted by atomic mass is 10.0. The monoisotopic (exact) mass is 579 g/mol. The minimum absolute atomic E-state index is 0.0894. The van der Waals surface area contributed by atoms with Gasteiger partial charge in [0.25, 0.3) is 0 Å². The van der Waals surface area contributed by atoms with Gasteiger partial charge in [0, 0.05) is 39.5 Å². The molecule has 1 unspecified atom stereocenters. The number of unbranched alkanes of at least 4 members (excludes halogenated alkanes) is 1. The maximum Gasteiger partial charge on any atom is 0.243 e. The molecule has 3 rings (SSSR count). The van der Waals surface area contributed by atoms with Gasteiger partial charge >= 0.3 is 0 Å². The van der Waals surface area contributed by atoms with E-state index in [9.17, 15) is 18.0 Å². The van der Waals surface area contributed by atoms with Crippen molar-refractivity contribution in [3.8, 4) is 5.75 Å². The number of nitrogens with zero attached hydrogens (tertiary/aromatic N) is 2. The van der Waals surface area contributed by atoms with Gasteiger partial charge in [-0.3, -0.25) is 9.59 Å². The Morgan fingerprint density at radius 3 is 2.22 bits per heavy atom. The molecule has 0 fully saturated rings. The summed E-state index contributed by atoms with van der Waals surface area (Å²) in [5.74, 6) is 0.238. The van der Waals surface area contributed by atoms with Crippen LogP contribution in [0.2, 0.25) is 0 Å². The highest BCUT2D eigenvalue weighted by atomic mass is 32.2. The molecule has 0 heterocycles. The highest BCUT2D eigenvalue weighted by molar-refractivity contribution is 7.89. The van der Waals surface area contributed by atoms with E-state index in [1.54, 1.807) is 42.3 Å². The molecule has 3 aromatic rings. The van der Waals surface area contributed by atoms with Crippen LogP contribution < -0.4 is 10.1 Å². The van der Waals surface area contributed by atoms with Gasteiger partial charge in [-0.2, -0.15) is 0 Å². The summed E-state index contributed by atoms with van der Waals surface area (Å²) in [6, 6.07) is 24.6. The fourth-order valence-corrected chi connectivity index (χ4v) is 5.75. The first-order valence-corrected chi connectivity index (χ1v) is 15.5. The van der Waals surface area contributed by atoms with Gasteiger partial charge in [-0.25, -0.2) is 12.7 Å². The first kappa shape index (κ1) is 31.8. The highest BCUT2D eigenvalue weighted by Gasteiger charge is 2.30. The average Bonchev–Trinajstić information content (AvgIpc) is 2.99. The van der Waals surface area contributed by atoms with Crippen LogP contribution in [0, 0.1) is 0 Å². The van der Waals surface area contributed by atoms with Gasteiger partial charge in [0.2, 0.25) is 21.8 Å². The molecule has 8 nitrogen and oxygen atoms in total. The van der Waals surface area contributed by atoms with Gasteiger partial charge in [0.15, 0.2) is 0 Å². The van der Waals surface area contributed by atoms with E-state index in [1.165, 1.54) is 11.4 Å². The summed E-state index contributed by atoms with van der Waals surface area (Å²) >= 11 is 0. The van der Waals surface area contributed by atoms with Crippen molar-refractivity contribution in [3.05, 3.63) is 96.1 Å². The normalized spacial score (nSPS) is 12.1. The third-order valence-corrected chi connectivity index (χ3v) is 8.77. The van der Waals surface area contributed by atoms with E-state index >= 15 is 0 Å². The first-order chi connectivity index (χ1) is 19.8. The van der Waals surface area contributed by atoms with Gasteiger partial charge in [-0.05, 0) is 48.2 Å². The predicted octanol–water partition coefficient (Wildman–Crippen LogP) is 4.65. The van der Waals surface area contributed by atoms with E-state index in [0.29, 0.717) is 25.1 Å². The van der Waals surface area contributed by atoms with E-state index < -0.39 is 16.1 Å². The van der Waals surface area contributed by atoms with Crippen molar-refractivity contribution in [2.45, 2.75) is 56.5 Å². The number of nitrogens with one attached hydrogen (secondary N) is 1. The average molecular weight is 580 g/mol. The molecule has 9 heteroatoms. The van der Waals surface area contributed by atoms with E-state index in [0.717, 1.165) is 24.0 Å². The van der Waals surface area contributed by atoms with Crippen LogP contribution >= 0.6 is 0 Å². The number of hydrogen-bond acceptors (Lipinski definition) is 5. The molecule has 0 bridgehead atoms. The van der Waals surface area contributed by atoms with Crippen LogP contribution in [0.5, 0.6) is 5.75 Å². The molecule has 0 aliphatic rings. The van der Waals surface area contributed by atoms with Gasteiger partial charge in [-0.15, -0.1) is 0 Å². The summed E-state index contributed by atoms with van der Waals surface area (Å²) in [5.41, 5.74) is 1.78. The van der Waals surface area contributed by atoms with Gasteiger partial charge < -0.3 is 15.0 Å². The maximum absolute atomic E-state index is 13.8. The third-order valence-electron chi connectivity index (χ3n) is 6.90. The van der Waals surface area contributed by atoms with Crippen molar-refractivity contribution in [1.29, 1.82) is 0 Å². The van der Waals surface area contributed by atoms with Crippen molar-refractivity contribution in [1.82, 2.24) is 14.5 Å². The topological polar surface area (TPSA) is 96.0 Å². The quantitative estimate of drug-likeness (QED) is 0.249. The Kier molecular flexibility index (Phi) is 12.4. The molecule has 41 heavy (non-hydrogen) atoms. The summed E-state index contributed by atoms with van der Waals surface area (Å²) in [4.78, 5) is 29.2. The van der Waals surface area contributed by atoms with Crippen LogP contribution in [0.1, 0.15) is 43.7 Å². The molecular formula is C32H41N3O5S. The Morgan fingerprint density at radius 1 is 0.902 bits per heavy atom. The standard InChI is InChI=1S/C32H41N3O5S/c1-4-5-21-33-32(37)30(24-26-14-8-6-9-15-26)35(25-27-16-12-17-28(23-27)40-3)31(36)20-13-22-34(2)41(38,39)29-18-10-7-11-19-29/h6-12,14-19,23,30H,4-5,13,20-22,24-25H2,1-3H3,(H,33,37). The molecule has 0 aromatic heterocycles. The van der Waals surface area contributed by atoms with Crippen LogP contribution in [0.15, 0.2) is 89.8 Å². The van der Waals surface area contributed by atoms with Gasteiger partial charge in [-0.1, -0.05) is 74.0 Å². The van der Waals surface area contributed by atoms with E-state index in [1.807, 2.05) is 54.6 Å². The molecule has 0 saturated heterocycles. The van der Waals surface area contributed by atoms with Crippen molar-refractivity contribution in [2.24, 2.45) is 0 Å². The Balaban J connectivity index is 1.83.